The molecular weight excluding hydrogens is 612 g/mol. The van der Waals surface area contributed by atoms with Crippen LogP contribution in [0.25, 0.3) is 0 Å². The molecule has 240 valence electrons. The molecule has 0 radical (unpaired) electrons. The van der Waals surface area contributed by atoms with Gasteiger partial charge in [0.1, 0.15) is 0 Å². The van der Waals surface area contributed by atoms with Gasteiger partial charge >= 0.3 is 24.3 Å². The number of pyridine rings is 1. The Bertz CT molecular complexity index is 1290. The number of ether oxygens (including phenoxy) is 1. The van der Waals surface area contributed by atoms with Crippen molar-refractivity contribution in [2.45, 2.75) is 49.2 Å². The highest BCUT2D eigenvalue weighted by molar-refractivity contribution is 7.89. The minimum atomic E-state index is -5.08. The summed E-state index contributed by atoms with van der Waals surface area (Å²) in [5, 5.41) is 14.2. The standard InChI is InChI=1S/C22H29N3O3S.2C2HF3O2/c1-18-6-8-21(9-7-18)29(26,27)25-16-22(17-25)13-19(10-12-24(22)2)14-28-15-20-5-3-4-11-23-20;2*3-2(4,5)1(6)7/h3-9,11,19H,10,12-17H2,1-2H3;2*(H,6,7). The number of hydrogen-bond donors (Lipinski definition) is 2. The van der Waals surface area contributed by atoms with Crippen molar-refractivity contribution in [1.82, 2.24) is 14.2 Å². The minimum Gasteiger partial charge on any atom is -0.475 e. The molecule has 2 aromatic rings. The summed E-state index contributed by atoms with van der Waals surface area (Å²) in [5.41, 5.74) is 1.92. The molecule has 1 aromatic heterocycles. The number of nitrogens with zero attached hydrogens (tertiary/aromatic N) is 3. The molecule has 2 aliphatic rings. The van der Waals surface area contributed by atoms with E-state index in [1.807, 2.05) is 37.3 Å². The number of halogens is 6. The summed E-state index contributed by atoms with van der Waals surface area (Å²) in [6.45, 7) is 5.25. The zero-order valence-corrected chi connectivity index (χ0v) is 23.9. The van der Waals surface area contributed by atoms with Gasteiger partial charge in [-0.05, 0) is 63.5 Å². The number of aryl methyl sites for hydroxylation is 1. The summed E-state index contributed by atoms with van der Waals surface area (Å²) in [6, 6.07) is 12.9. The first kappa shape index (κ1) is 35.9. The molecule has 1 unspecified atom stereocenters. The van der Waals surface area contributed by atoms with Crippen LogP contribution in [-0.2, 0) is 31.0 Å². The van der Waals surface area contributed by atoms with Gasteiger partial charge in [-0.25, -0.2) is 18.0 Å². The van der Waals surface area contributed by atoms with E-state index in [4.69, 9.17) is 24.5 Å². The van der Waals surface area contributed by atoms with Gasteiger partial charge < -0.3 is 14.9 Å². The van der Waals surface area contributed by atoms with E-state index >= 15 is 0 Å². The molecule has 2 aliphatic heterocycles. The number of piperidine rings is 1. The van der Waals surface area contributed by atoms with Gasteiger partial charge in [0.15, 0.2) is 0 Å². The minimum absolute atomic E-state index is 0.0744. The van der Waals surface area contributed by atoms with Crippen LogP contribution in [0.1, 0.15) is 24.1 Å². The number of aliphatic carboxylic acids is 2. The third-order valence-corrected chi connectivity index (χ3v) is 8.57. The molecule has 0 aliphatic carbocycles. The van der Waals surface area contributed by atoms with Gasteiger partial charge in [-0.1, -0.05) is 23.8 Å². The predicted molar refractivity (Wildman–Crippen MR) is 139 cm³/mol. The first-order valence-electron chi connectivity index (χ1n) is 12.6. The Morgan fingerprint density at radius 3 is 2.00 bits per heavy atom. The Morgan fingerprint density at radius 2 is 1.53 bits per heavy atom. The molecule has 1 spiro atoms. The first-order chi connectivity index (χ1) is 19.8. The van der Waals surface area contributed by atoms with E-state index in [0.29, 0.717) is 37.1 Å². The van der Waals surface area contributed by atoms with Crippen molar-refractivity contribution in [3.8, 4) is 0 Å². The van der Waals surface area contributed by atoms with E-state index in [1.165, 1.54) is 0 Å². The summed E-state index contributed by atoms with van der Waals surface area (Å²) >= 11 is 0. The van der Waals surface area contributed by atoms with Gasteiger partial charge in [-0.2, -0.15) is 30.6 Å². The molecule has 1 aromatic carbocycles. The van der Waals surface area contributed by atoms with Crippen LogP contribution in [0.5, 0.6) is 0 Å². The Morgan fingerprint density at radius 1 is 1.00 bits per heavy atom. The van der Waals surface area contributed by atoms with Gasteiger partial charge in [0, 0.05) is 24.8 Å². The molecule has 2 saturated heterocycles. The second-order valence-corrected chi connectivity index (χ2v) is 12.0. The monoisotopic (exact) mass is 643 g/mol. The topological polar surface area (TPSA) is 137 Å². The highest BCUT2D eigenvalue weighted by Crippen LogP contribution is 2.40. The molecule has 3 heterocycles. The quantitative estimate of drug-likeness (QED) is 0.449. The number of aromatic nitrogens is 1. The van der Waals surface area contributed by atoms with Crippen LogP contribution in [-0.4, -0.2) is 95.9 Å². The maximum atomic E-state index is 12.9. The van der Waals surface area contributed by atoms with Crippen molar-refractivity contribution >= 4 is 22.0 Å². The second kappa shape index (κ2) is 14.5. The summed E-state index contributed by atoms with van der Waals surface area (Å²) < 4.78 is 96.9. The SMILES string of the molecule is Cc1ccc(S(=O)(=O)N2CC3(CC(COCc4ccccn4)CCN3C)C2)cc1.O=C(O)C(F)(F)F.O=C(O)C(F)(F)F. The zero-order valence-electron chi connectivity index (χ0n) is 23.1. The molecule has 4 rings (SSSR count). The summed E-state index contributed by atoms with van der Waals surface area (Å²) in [5.74, 6) is -5.07. The number of carboxylic acid groups (broad SMARTS) is 2. The van der Waals surface area contributed by atoms with Crippen molar-refractivity contribution in [3.63, 3.8) is 0 Å². The smallest absolute Gasteiger partial charge is 0.475 e. The molecular formula is C26H31F6N3O7S. The first-order valence-corrected chi connectivity index (χ1v) is 14.1. The largest absolute Gasteiger partial charge is 0.490 e. The highest BCUT2D eigenvalue weighted by atomic mass is 32.2. The fraction of sp³-hybridized carbons (Fsp3) is 0.500. The number of carboxylic acids is 2. The Hall–Kier alpha value is -3.28. The highest BCUT2D eigenvalue weighted by Gasteiger charge is 2.53. The zero-order chi connectivity index (χ0) is 32.6. The third-order valence-electron chi connectivity index (χ3n) is 6.77. The average Bonchev–Trinajstić information content (AvgIpc) is 2.89. The van der Waals surface area contributed by atoms with Crippen molar-refractivity contribution in [3.05, 3.63) is 59.9 Å². The number of carbonyl (C=O) groups is 2. The van der Waals surface area contributed by atoms with Crippen molar-refractivity contribution in [2.24, 2.45) is 5.92 Å². The van der Waals surface area contributed by atoms with Crippen LogP contribution in [0.3, 0.4) is 0 Å². The number of benzene rings is 1. The fourth-order valence-electron chi connectivity index (χ4n) is 4.37. The Kier molecular flexibility index (Phi) is 12.1. The third kappa shape index (κ3) is 10.4. The molecule has 0 amide bonds. The maximum Gasteiger partial charge on any atom is 0.490 e. The van der Waals surface area contributed by atoms with E-state index in [2.05, 4.69) is 16.9 Å². The van der Waals surface area contributed by atoms with Crippen LogP contribution in [0.4, 0.5) is 26.3 Å². The van der Waals surface area contributed by atoms with E-state index < -0.39 is 34.3 Å². The van der Waals surface area contributed by atoms with Crippen LogP contribution in [0.2, 0.25) is 0 Å². The normalized spacial score (nSPS) is 18.8. The van der Waals surface area contributed by atoms with Crippen LogP contribution in [0, 0.1) is 12.8 Å². The van der Waals surface area contributed by atoms with E-state index in [1.54, 1.807) is 22.6 Å². The number of sulfonamides is 1. The van der Waals surface area contributed by atoms with Gasteiger partial charge in [-0.3, -0.25) is 9.88 Å². The summed E-state index contributed by atoms with van der Waals surface area (Å²) in [4.78, 5) is 24.8. The van der Waals surface area contributed by atoms with Crippen molar-refractivity contribution in [1.29, 1.82) is 0 Å². The molecule has 10 nitrogen and oxygen atoms in total. The van der Waals surface area contributed by atoms with Crippen LogP contribution < -0.4 is 0 Å². The van der Waals surface area contributed by atoms with Gasteiger partial charge in [-0.15, -0.1) is 0 Å². The summed E-state index contributed by atoms with van der Waals surface area (Å²) in [7, 11) is -1.31. The average molecular weight is 644 g/mol. The Balaban J connectivity index is 0.000000384. The van der Waals surface area contributed by atoms with E-state index in [-0.39, 0.29) is 5.54 Å². The fourth-order valence-corrected chi connectivity index (χ4v) is 5.97. The molecule has 2 fully saturated rings. The van der Waals surface area contributed by atoms with Gasteiger partial charge in [0.05, 0.1) is 23.8 Å². The van der Waals surface area contributed by atoms with Crippen LogP contribution in [0.15, 0.2) is 53.6 Å². The lowest BCUT2D eigenvalue weighted by molar-refractivity contribution is -0.193. The van der Waals surface area contributed by atoms with Gasteiger partial charge in [0.25, 0.3) is 0 Å². The molecule has 17 heteroatoms. The summed E-state index contributed by atoms with van der Waals surface area (Å²) in [6.07, 6.45) is -6.35. The van der Waals surface area contributed by atoms with Crippen molar-refractivity contribution in [2.75, 3.05) is 33.3 Å². The van der Waals surface area contributed by atoms with E-state index in [0.717, 1.165) is 30.6 Å². The molecule has 2 N–H and O–H groups in total. The molecule has 1 atom stereocenters. The lowest BCUT2D eigenvalue weighted by Crippen LogP contribution is -2.72. The number of rotatable bonds is 6. The molecule has 0 saturated carbocycles. The maximum absolute atomic E-state index is 12.9. The molecule has 0 bridgehead atoms. The second-order valence-electron chi connectivity index (χ2n) is 10.0. The Labute approximate surface area is 243 Å². The van der Waals surface area contributed by atoms with E-state index in [9.17, 15) is 34.8 Å². The van der Waals surface area contributed by atoms with Crippen LogP contribution >= 0.6 is 0 Å². The number of hydrogen-bond acceptors (Lipinski definition) is 7. The predicted octanol–water partition coefficient (Wildman–Crippen LogP) is 3.96. The van der Waals surface area contributed by atoms with Crippen molar-refractivity contribution < 1.29 is 59.3 Å². The number of alkyl halides is 6. The lowest BCUT2D eigenvalue weighted by atomic mass is 9.77. The van der Waals surface area contributed by atoms with Gasteiger partial charge in [0.2, 0.25) is 10.0 Å². The number of likely N-dealkylation sites (tertiary alicyclic amines) is 1. The molecule has 43 heavy (non-hydrogen) atoms. The number of likely N-dealkylation sites (N-methyl/N-ethyl adjacent to an activating group) is 1. The lowest BCUT2D eigenvalue weighted by Gasteiger charge is -2.57.